The Morgan fingerprint density at radius 2 is 1.56 bits per heavy atom. The zero-order chi connectivity index (χ0) is 18.5. The van der Waals surface area contributed by atoms with Gasteiger partial charge in [-0.3, -0.25) is 9.59 Å². The molecule has 1 heterocycles. The molecule has 1 aliphatic heterocycles. The molecule has 3 rings (SSSR count). The maximum atomic E-state index is 13.0. The summed E-state index contributed by atoms with van der Waals surface area (Å²) in [7, 11) is 2.57. The molecule has 0 aromatic heterocycles. The van der Waals surface area contributed by atoms with Crippen molar-refractivity contribution in [1.82, 2.24) is 0 Å². The van der Waals surface area contributed by atoms with Crippen molar-refractivity contribution < 1.29 is 28.5 Å². The number of esters is 2. The Bertz CT molecular complexity index is 567. The van der Waals surface area contributed by atoms with Crippen LogP contribution in [0, 0.1) is 22.7 Å². The molecule has 0 aromatic rings. The molecule has 0 bridgehead atoms. The Hall–Kier alpha value is -1.40. The first-order valence-corrected chi connectivity index (χ1v) is 8.91. The number of ether oxygens (including phenoxy) is 4. The van der Waals surface area contributed by atoms with E-state index in [9.17, 15) is 9.59 Å². The van der Waals surface area contributed by atoms with E-state index in [1.807, 2.05) is 13.8 Å². The first-order chi connectivity index (χ1) is 11.8. The Balaban J connectivity index is 2.19. The van der Waals surface area contributed by atoms with Gasteiger partial charge in [-0.05, 0) is 30.3 Å². The van der Waals surface area contributed by atoms with E-state index in [2.05, 4.69) is 6.58 Å². The summed E-state index contributed by atoms with van der Waals surface area (Å²) in [4.78, 5) is 26.1. The first kappa shape index (κ1) is 18.4. The van der Waals surface area contributed by atoms with E-state index in [-0.39, 0.29) is 17.3 Å². The molecular weight excluding hydrogens is 324 g/mol. The highest BCUT2D eigenvalue weighted by atomic mass is 16.7. The first-order valence-electron chi connectivity index (χ1n) is 8.91. The van der Waals surface area contributed by atoms with Crippen molar-refractivity contribution in [3.8, 4) is 0 Å². The lowest BCUT2D eigenvalue weighted by molar-refractivity contribution is -0.317. The van der Waals surface area contributed by atoms with Crippen LogP contribution in [0.15, 0.2) is 12.2 Å². The van der Waals surface area contributed by atoms with Crippen LogP contribution < -0.4 is 0 Å². The van der Waals surface area contributed by atoms with Crippen molar-refractivity contribution >= 4 is 11.9 Å². The molecule has 0 N–H and O–H groups in total. The number of methoxy groups -OCH3 is 2. The van der Waals surface area contributed by atoms with Crippen molar-refractivity contribution in [3.63, 3.8) is 0 Å². The Kier molecular flexibility index (Phi) is 4.48. The molecule has 6 nitrogen and oxygen atoms in total. The third kappa shape index (κ3) is 2.30. The van der Waals surface area contributed by atoms with E-state index < -0.39 is 23.1 Å². The van der Waals surface area contributed by atoms with Crippen LogP contribution in [-0.2, 0) is 28.5 Å². The highest BCUT2D eigenvalue weighted by molar-refractivity contribution is 6.03. The van der Waals surface area contributed by atoms with Gasteiger partial charge < -0.3 is 18.9 Å². The average Bonchev–Trinajstić information content (AvgIpc) is 2.83. The lowest BCUT2D eigenvalue weighted by Crippen LogP contribution is -2.64. The average molecular weight is 352 g/mol. The van der Waals surface area contributed by atoms with Gasteiger partial charge in [-0.2, -0.15) is 0 Å². The van der Waals surface area contributed by atoms with Crippen LogP contribution in [0.2, 0.25) is 0 Å². The monoisotopic (exact) mass is 352 g/mol. The smallest absolute Gasteiger partial charge is 0.329 e. The van der Waals surface area contributed by atoms with Crippen LogP contribution in [0.1, 0.15) is 39.5 Å². The quantitative estimate of drug-likeness (QED) is 0.432. The minimum Gasteiger partial charge on any atom is -0.468 e. The predicted molar refractivity (Wildman–Crippen MR) is 89.5 cm³/mol. The third-order valence-electron chi connectivity index (χ3n) is 6.06. The fourth-order valence-corrected chi connectivity index (χ4v) is 4.87. The molecule has 2 saturated carbocycles. The molecule has 6 heteroatoms. The van der Waals surface area contributed by atoms with E-state index >= 15 is 0 Å². The summed E-state index contributed by atoms with van der Waals surface area (Å²) < 4.78 is 22.6. The standard InChI is InChI=1S/C19H28O6/c1-12-13-8-6-7-9-14(13)18(15(20)22-4,16(21)23-5)19(12)24-10-17(2,3)11-25-19/h13-14H,1,6-11H2,2-5H3/t13-,14-/m1/s1. The minimum absolute atomic E-state index is 0.0202. The Labute approximate surface area is 148 Å². The van der Waals surface area contributed by atoms with Gasteiger partial charge in [0.2, 0.25) is 11.2 Å². The molecule has 1 saturated heterocycles. The molecule has 25 heavy (non-hydrogen) atoms. The van der Waals surface area contributed by atoms with E-state index in [1.54, 1.807) is 0 Å². The molecule has 0 radical (unpaired) electrons. The summed E-state index contributed by atoms with van der Waals surface area (Å²) in [5.74, 6) is -3.13. The van der Waals surface area contributed by atoms with Crippen molar-refractivity contribution in [2.75, 3.05) is 27.4 Å². The molecule has 1 spiro atoms. The summed E-state index contributed by atoms with van der Waals surface area (Å²) in [5.41, 5.74) is -1.20. The molecule has 0 unspecified atom stereocenters. The van der Waals surface area contributed by atoms with Crippen LogP contribution in [-0.4, -0.2) is 45.2 Å². The molecule has 2 atom stereocenters. The number of fused-ring (bicyclic) bond motifs is 1. The Morgan fingerprint density at radius 3 is 2.08 bits per heavy atom. The normalized spacial score (nSPS) is 32.1. The largest absolute Gasteiger partial charge is 0.468 e. The van der Waals surface area contributed by atoms with Gasteiger partial charge in [0.15, 0.2) is 0 Å². The highest BCUT2D eigenvalue weighted by Crippen LogP contribution is 2.64. The van der Waals surface area contributed by atoms with Crippen molar-refractivity contribution in [3.05, 3.63) is 12.2 Å². The maximum absolute atomic E-state index is 13.0. The van der Waals surface area contributed by atoms with Crippen molar-refractivity contribution in [1.29, 1.82) is 0 Å². The molecule has 0 amide bonds. The summed E-state index contributed by atoms with van der Waals surface area (Å²) in [6, 6.07) is 0. The van der Waals surface area contributed by atoms with Crippen LogP contribution in [0.3, 0.4) is 0 Å². The summed E-state index contributed by atoms with van der Waals surface area (Å²) in [6.07, 6.45) is 3.54. The fraction of sp³-hybridized carbons (Fsp3) is 0.789. The summed E-state index contributed by atoms with van der Waals surface area (Å²) in [5, 5.41) is 0. The van der Waals surface area contributed by atoms with Crippen LogP contribution in [0.25, 0.3) is 0 Å². The number of carbonyl (C=O) groups excluding carboxylic acids is 2. The van der Waals surface area contributed by atoms with E-state index in [0.717, 1.165) is 19.3 Å². The second-order valence-electron chi connectivity index (χ2n) is 8.17. The van der Waals surface area contributed by atoms with E-state index in [0.29, 0.717) is 25.2 Å². The van der Waals surface area contributed by atoms with Gasteiger partial charge in [0.1, 0.15) is 0 Å². The SMILES string of the molecule is C=C1[C@H]2CCCC[C@H]2C(C(=O)OC)(C(=O)OC)C12OCC(C)(C)CO2. The van der Waals surface area contributed by atoms with Gasteiger partial charge >= 0.3 is 11.9 Å². The number of carbonyl (C=O) groups is 2. The molecule has 3 aliphatic rings. The molecular formula is C19H28O6. The highest BCUT2D eigenvalue weighted by Gasteiger charge is 2.78. The van der Waals surface area contributed by atoms with Crippen molar-refractivity contribution in [2.24, 2.45) is 22.7 Å². The lowest BCUT2D eigenvalue weighted by atomic mass is 9.67. The minimum atomic E-state index is -1.66. The topological polar surface area (TPSA) is 71.1 Å². The fourth-order valence-electron chi connectivity index (χ4n) is 4.87. The summed E-state index contributed by atoms with van der Waals surface area (Å²) >= 11 is 0. The van der Waals surface area contributed by atoms with Crippen molar-refractivity contribution in [2.45, 2.75) is 45.3 Å². The molecule has 140 valence electrons. The van der Waals surface area contributed by atoms with E-state index in [4.69, 9.17) is 18.9 Å². The second kappa shape index (κ2) is 6.09. The Morgan fingerprint density at radius 1 is 1.04 bits per heavy atom. The summed E-state index contributed by atoms with van der Waals surface area (Å²) in [6.45, 7) is 8.98. The zero-order valence-corrected chi connectivity index (χ0v) is 15.6. The predicted octanol–water partition coefficient (Wildman–Crippen LogP) is 2.46. The van der Waals surface area contributed by atoms with Crippen LogP contribution >= 0.6 is 0 Å². The third-order valence-corrected chi connectivity index (χ3v) is 6.06. The van der Waals surface area contributed by atoms with Gasteiger partial charge in [-0.15, -0.1) is 0 Å². The van der Waals surface area contributed by atoms with Gasteiger partial charge in [0, 0.05) is 5.41 Å². The van der Waals surface area contributed by atoms with Gasteiger partial charge in [-0.1, -0.05) is 33.3 Å². The molecule has 2 aliphatic carbocycles. The number of rotatable bonds is 2. The zero-order valence-electron chi connectivity index (χ0n) is 15.6. The second-order valence-corrected chi connectivity index (χ2v) is 8.17. The number of hydrogen-bond donors (Lipinski definition) is 0. The van der Waals surface area contributed by atoms with Gasteiger partial charge in [-0.25, -0.2) is 0 Å². The lowest BCUT2D eigenvalue weighted by Gasteiger charge is -2.49. The van der Waals surface area contributed by atoms with Gasteiger partial charge in [0.25, 0.3) is 0 Å². The van der Waals surface area contributed by atoms with Crippen LogP contribution in [0.5, 0.6) is 0 Å². The van der Waals surface area contributed by atoms with Gasteiger partial charge in [0.05, 0.1) is 27.4 Å². The number of hydrogen-bond acceptors (Lipinski definition) is 6. The molecule has 3 fully saturated rings. The maximum Gasteiger partial charge on any atom is 0.329 e. The van der Waals surface area contributed by atoms with Crippen LogP contribution in [0.4, 0.5) is 0 Å². The van der Waals surface area contributed by atoms with E-state index in [1.165, 1.54) is 14.2 Å². The molecule has 0 aromatic carbocycles.